The van der Waals surface area contributed by atoms with Crippen LogP contribution in [0, 0.1) is 0 Å². The number of nitrogens with one attached hydrogen (secondary N) is 1. The average molecular weight is 301 g/mol. The molecular formula is C13H21ClN4O2. The van der Waals surface area contributed by atoms with Crippen LogP contribution in [0.3, 0.4) is 0 Å². The summed E-state index contributed by atoms with van der Waals surface area (Å²) in [7, 11) is 1.49. The van der Waals surface area contributed by atoms with Gasteiger partial charge in [-0.05, 0) is 25.9 Å². The van der Waals surface area contributed by atoms with Crippen LogP contribution < -0.4 is 10.1 Å². The molecule has 1 N–H and O–H groups in total. The van der Waals surface area contributed by atoms with Gasteiger partial charge in [-0.2, -0.15) is 0 Å². The third kappa shape index (κ3) is 3.80. The van der Waals surface area contributed by atoms with Crippen molar-refractivity contribution in [3.05, 3.63) is 18.1 Å². The summed E-state index contributed by atoms with van der Waals surface area (Å²) < 4.78 is 5.06. The Morgan fingerprint density at radius 1 is 1.60 bits per heavy atom. The molecule has 1 aromatic heterocycles. The Morgan fingerprint density at radius 3 is 3.10 bits per heavy atom. The standard InChI is InChI=1S/C13H20N4O2.ClH/c1-3-17-6-4-5-10(17)7-15-12(18)11-8-14-9-16-13(11)19-2;/h8-10H,3-7H2,1-2H3,(H,15,18);1H. The fraction of sp³-hybridized carbons (Fsp3) is 0.615. The third-order valence-corrected chi connectivity index (χ3v) is 3.52. The molecule has 112 valence electrons. The molecule has 1 aliphatic heterocycles. The molecule has 1 saturated heterocycles. The van der Waals surface area contributed by atoms with Gasteiger partial charge in [0.25, 0.3) is 5.91 Å². The van der Waals surface area contributed by atoms with Gasteiger partial charge >= 0.3 is 0 Å². The molecular weight excluding hydrogens is 280 g/mol. The number of rotatable bonds is 5. The number of ether oxygens (including phenoxy) is 1. The lowest BCUT2D eigenvalue weighted by atomic mass is 10.2. The summed E-state index contributed by atoms with van der Waals surface area (Å²) in [6.07, 6.45) is 5.18. The molecule has 0 aliphatic carbocycles. The maximum Gasteiger partial charge on any atom is 0.258 e. The smallest absolute Gasteiger partial charge is 0.258 e. The zero-order valence-electron chi connectivity index (χ0n) is 11.8. The van der Waals surface area contributed by atoms with Crippen molar-refractivity contribution in [1.29, 1.82) is 0 Å². The topological polar surface area (TPSA) is 67.4 Å². The van der Waals surface area contributed by atoms with Gasteiger partial charge in [0.2, 0.25) is 5.88 Å². The number of likely N-dealkylation sites (N-methyl/N-ethyl adjacent to an activating group) is 1. The van der Waals surface area contributed by atoms with Crippen molar-refractivity contribution in [3.8, 4) is 5.88 Å². The van der Waals surface area contributed by atoms with E-state index in [2.05, 4.69) is 27.1 Å². The molecule has 20 heavy (non-hydrogen) atoms. The van der Waals surface area contributed by atoms with Crippen molar-refractivity contribution in [2.24, 2.45) is 0 Å². The molecule has 0 spiro atoms. The second-order valence-electron chi connectivity index (χ2n) is 4.58. The van der Waals surface area contributed by atoms with E-state index in [1.165, 1.54) is 26.1 Å². The van der Waals surface area contributed by atoms with Crippen LogP contribution in [0.1, 0.15) is 30.1 Å². The third-order valence-electron chi connectivity index (χ3n) is 3.52. The van der Waals surface area contributed by atoms with Gasteiger partial charge < -0.3 is 10.1 Å². The predicted octanol–water partition coefficient (Wildman–Crippen LogP) is 1.12. The molecule has 6 nitrogen and oxygen atoms in total. The van der Waals surface area contributed by atoms with E-state index in [-0.39, 0.29) is 18.3 Å². The highest BCUT2D eigenvalue weighted by Gasteiger charge is 2.24. The van der Waals surface area contributed by atoms with Gasteiger partial charge in [-0.25, -0.2) is 9.97 Å². The first-order chi connectivity index (χ1) is 9.26. The summed E-state index contributed by atoms with van der Waals surface area (Å²) in [5, 5.41) is 2.94. The Labute approximate surface area is 125 Å². The zero-order valence-corrected chi connectivity index (χ0v) is 12.7. The Kier molecular flexibility index (Phi) is 6.67. The summed E-state index contributed by atoms with van der Waals surface area (Å²) in [5.74, 6) is 0.131. The van der Waals surface area contributed by atoms with Crippen LogP contribution >= 0.6 is 12.4 Å². The van der Waals surface area contributed by atoms with Gasteiger partial charge in [0.1, 0.15) is 11.9 Å². The Hall–Kier alpha value is -1.40. The molecule has 2 heterocycles. The lowest BCUT2D eigenvalue weighted by Crippen LogP contribution is -2.40. The minimum absolute atomic E-state index is 0. The number of halogens is 1. The quantitative estimate of drug-likeness (QED) is 0.883. The molecule has 1 amide bonds. The van der Waals surface area contributed by atoms with Gasteiger partial charge in [-0.15, -0.1) is 12.4 Å². The molecule has 7 heteroatoms. The molecule has 0 radical (unpaired) electrons. The Morgan fingerprint density at radius 2 is 2.40 bits per heavy atom. The van der Waals surface area contributed by atoms with E-state index in [1.807, 2.05) is 0 Å². The first-order valence-electron chi connectivity index (χ1n) is 6.62. The van der Waals surface area contributed by atoms with E-state index in [1.54, 1.807) is 0 Å². The molecule has 1 atom stereocenters. The Balaban J connectivity index is 0.00000200. The maximum absolute atomic E-state index is 12.1. The highest BCUT2D eigenvalue weighted by molar-refractivity contribution is 5.96. The van der Waals surface area contributed by atoms with Crippen molar-refractivity contribution >= 4 is 18.3 Å². The summed E-state index contributed by atoms with van der Waals surface area (Å²) in [5.41, 5.74) is 0.381. The number of hydrogen-bond acceptors (Lipinski definition) is 5. The molecule has 1 unspecified atom stereocenters. The van der Waals surface area contributed by atoms with E-state index in [4.69, 9.17) is 4.74 Å². The second kappa shape index (κ2) is 8.01. The molecule has 0 bridgehead atoms. The number of hydrogen-bond donors (Lipinski definition) is 1. The number of carbonyl (C=O) groups excluding carboxylic acids is 1. The van der Waals surface area contributed by atoms with Crippen molar-refractivity contribution < 1.29 is 9.53 Å². The molecule has 0 saturated carbocycles. The molecule has 1 aliphatic rings. The first kappa shape index (κ1) is 16.7. The van der Waals surface area contributed by atoms with Crippen LogP contribution in [-0.4, -0.2) is 53.6 Å². The van der Waals surface area contributed by atoms with E-state index in [0.29, 0.717) is 24.0 Å². The van der Waals surface area contributed by atoms with Crippen LogP contribution in [0.25, 0.3) is 0 Å². The number of likely N-dealkylation sites (tertiary alicyclic amines) is 1. The first-order valence-corrected chi connectivity index (χ1v) is 6.62. The van der Waals surface area contributed by atoms with Gasteiger partial charge in [0.05, 0.1) is 7.11 Å². The lowest BCUT2D eigenvalue weighted by Gasteiger charge is -2.22. The summed E-state index contributed by atoms with van der Waals surface area (Å²) >= 11 is 0. The largest absolute Gasteiger partial charge is 0.480 e. The molecule has 1 fully saturated rings. The average Bonchev–Trinajstić information content (AvgIpc) is 2.92. The summed E-state index contributed by atoms with van der Waals surface area (Å²) in [4.78, 5) is 22.3. The second-order valence-corrected chi connectivity index (χ2v) is 4.58. The van der Waals surface area contributed by atoms with Crippen molar-refractivity contribution in [2.75, 3.05) is 26.7 Å². The van der Waals surface area contributed by atoms with Gasteiger partial charge in [-0.1, -0.05) is 6.92 Å². The summed E-state index contributed by atoms with van der Waals surface area (Å²) in [6.45, 7) is 4.95. The number of nitrogens with zero attached hydrogens (tertiary/aromatic N) is 3. The molecule has 1 aromatic rings. The SMILES string of the molecule is CCN1CCCC1CNC(=O)c1cncnc1OC.Cl. The molecule has 0 aromatic carbocycles. The van der Waals surface area contributed by atoms with Crippen molar-refractivity contribution in [3.63, 3.8) is 0 Å². The Bertz CT molecular complexity index is 444. The van der Waals surface area contributed by atoms with E-state index in [0.717, 1.165) is 19.5 Å². The monoisotopic (exact) mass is 300 g/mol. The van der Waals surface area contributed by atoms with Crippen LogP contribution in [0.2, 0.25) is 0 Å². The highest BCUT2D eigenvalue weighted by atomic mass is 35.5. The van der Waals surface area contributed by atoms with E-state index in [9.17, 15) is 4.79 Å². The highest BCUT2D eigenvalue weighted by Crippen LogP contribution is 2.16. The van der Waals surface area contributed by atoms with E-state index < -0.39 is 0 Å². The van der Waals surface area contributed by atoms with Crippen LogP contribution in [0.15, 0.2) is 12.5 Å². The van der Waals surface area contributed by atoms with Gasteiger partial charge in [-0.3, -0.25) is 9.69 Å². The number of carbonyl (C=O) groups is 1. The van der Waals surface area contributed by atoms with Crippen LogP contribution in [0.4, 0.5) is 0 Å². The van der Waals surface area contributed by atoms with Gasteiger partial charge in [0.15, 0.2) is 0 Å². The van der Waals surface area contributed by atoms with Gasteiger partial charge in [0, 0.05) is 18.8 Å². The van der Waals surface area contributed by atoms with Crippen molar-refractivity contribution in [1.82, 2.24) is 20.2 Å². The fourth-order valence-electron chi connectivity index (χ4n) is 2.49. The van der Waals surface area contributed by atoms with E-state index >= 15 is 0 Å². The zero-order chi connectivity index (χ0) is 13.7. The molecule has 2 rings (SSSR count). The number of aromatic nitrogens is 2. The summed E-state index contributed by atoms with van der Waals surface area (Å²) in [6, 6.07) is 0.435. The normalized spacial score (nSPS) is 18.4. The predicted molar refractivity (Wildman–Crippen MR) is 78.4 cm³/mol. The van der Waals surface area contributed by atoms with Crippen LogP contribution in [-0.2, 0) is 0 Å². The fourth-order valence-corrected chi connectivity index (χ4v) is 2.49. The number of amides is 1. The minimum Gasteiger partial charge on any atom is -0.480 e. The number of methoxy groups -OCH3 is 1. The lowest BCUT2D eigenvalue weighted by molar-refractivity contribution is 0.0937. The van der Waals surface area contributed by atoms with Crippen LogP contribution in [0.5, 0.6) is 5.88 Å². The van der Waals surface area contributed by atoms with Crippen molar-refractivity contribution in [2.45, 2.75) is 25.8 Å². The maximum atomic E-state index is 12.1. The minimum atomic E-state index is -0.180.